The Morgan fingerprint density at radius 1 is 1.20 bits per heavy atom. The number of nitrogens with zero attached hydrogens (tertiary/aromatic N) is 2. The summed E-state index contributed by atoms with van der Waals surface area (Å²) < 4.78 is 2.19. The van der Waals surface area contributed by atoms with Gasteiger partial charge in [-0.25, -0.2) is 9.97 Å². The molecule has 7 heteroatoms. The van der Waals surface area contributed by atoms with Crippen LogP contribution in [0.2, 0.25) is 9.49 Å². The third-order valence-electron chi connectivity index (χ3n) is 1.57. The van der Waals surface area contributed by atoms with Crippen molar-refractivity contribution < 1.29 is 0 Å². The van der Waals surface area contributed by atoms with Crippen molar-refractivity contribution in [2.75, 3.05) is 0 Å². The molecule has 0 amide bonds. The molecule has 0 unspecified atom stereocenters. The van der Waals surface area contributed by atoms with Crippen molar-refractivity contribution in [3.8, 4) is 10.7 Å². The molecule has 2 heterocycles. The van der Waals surface area contributed by atoms with Crippen LogP contribution in [0.15, 0.2) is 21.2 Å². The van der Waals surface area contributed by atoms with Crippen molar-refractivity contribution in [3.05, 3.63) is 30.7 Å². The van der Waals surface area contributed by atoms with E-state index in [-0.39, 0.29) is 0 Å². The molecule has 0 aromatic carbocycles. The molecule has 15 heavy (non-hydrogen) atoms. The molecule has 0 saturated heterocycles. The van der Waals surface area contributed by atoms with Gasteiger partial charge >= 0.3 is 0 Å². The van der Waals surface area contributed by atoms with Crippen LogP contribution < -0.4 is 0 Å². The first kappa shape index (κ1) is 11.8. The number of thiophene rings is 1. The smallest absolute Gasteiger partial charge is 0.171 e. The third-order valence-corrected chi connectivity index (χ3v) is 5.13. The van der Waals surface area contributed by atoms with E-state index >= 15 is 0 Å². The average Bonchev–Trinajstić information content (AvgIpc) is 2.52. The van der Waals surface area contributed by atoms with E-state index in [1.807, 2.05) is 6.07 Å². The molecule has 2 rings (SSSR count). The van der Waals surface area contributed by atoms with Gasteiger partial charge in [0.15, 0.2) is 5.82 Å². The summed E-state index contributed by atoms with van der Waals surface area (Å²) in [4.78, 5) is 9.16. The molecule has 0 aliphatic heterocycles. The summed E-state index contributed by atoms with van der Waals surface area (Å²) in [6.45, 7) is 0. The van der Waals surface area contributed by atoms with Gasteiger partial charge in [0.2, 0.25) is 0 Å². The van der Waals surface area contributed by atoms with Crippen LogP contribution in [-0.2, 0) is 0 Å². The summed E-state index contributed by atoms with van der Waals surface area (Å²) in [7, 11) is 0. The number of hydrogen-bond donors (Lipinski definition) is 0. The lowest BCUT2D eigenvalue weighted by atomic mass is 10.4. The Morgan fingerprint density at radius 2 is 1.93 bits per heavy atom. The first-order valence-corrected chi connectivity index (χ1v) is 6.87. The fraction of sp³-hybridized carbons (Fsp3) is 0. The predicted molar refractivity (Wildman–Crippen MR) is 70.8 cm³/mol. The predicted octanol–water partition coefficient (Wildman–Crippen LogP) is 5.04. The lowest BCUT2D eigenvalue weighted by molar-refractivity contribution is 1.17. The first-order valence-electron chi connectivity index (χ1n) is 3.71. The van der Waals surface area contributed by atoms with Crippen LogP contribution in [0.25, 0.3) is 10.7 Å². The number of hydrogen-bond acceptors (Lipinski definition) is 3. The van der Waals surface area contributed by atoms with Crippen molar-refractivity contribution in [3.63, 3.8) is 0 Å². The van der Waals surface area contributed by atoms with Crippen LogP contribution in [0.1, 0.15) is 0 Å². The Hall–Kier alpha value is 0.320. The van der Waals surface area contributed by atoms with Crippen LogP contribution in [0.3, 0.4) is 0 Å². The average molecular weight is 389 g/mol. The SMILES string of the molecule is Clc1nc(-c2cc(Br)c(Cl)s2)ncc1Br. The molecule has 0 saturated carbocycles. The van der Waals surface area contributed by atoms with Crippen LogP contribution in [0, 0.1) is 0 Å². The van der Waals surface area contributed by atoms with E-state index in [1.54, 1.807) is 6.20 Å². The minimum Gasteiger partial charge on any atom is -0.235 e. The third kappa shape index (κ3) is 2.53. The summed E-state index contributed by atoms with van der Waals surface area (Å²) in [5.41, 5.74) is 0. The molecule has 2 nitrogen and oxygen atoms in total. The van der Waals surface area contributed by atoms with Gasteiger partial charge in [0, 0.05) is 10.7 Å². The highest BCUT2D eigenvalue weighted by atomic mass is 79.9. The van der Waals surface area contributed by atoms with Crippen molar-refractivity contribution >= 4 is 66.4 Å². The van der Waals surface area contributed by atoms with E-state index in [0.29, 0.717) is 19.8 Å². The Balaban J connectivity index is 2.49. The second-order valence-electron chi connectivity index (χ2n) is 2.56. The van der Waals surface area contributed by atoms with Gasteiger partial charge in [0.1, 0.15) is 9.49 Å². The lowest BCUT2D eigenvalue weighted by Gasteiger charge is -1.97. The van der Waals surface area contributed by atoms with Crippen LogP contribution in [0.5, 0.6) is 0 Å². The van der Waals surface area contributed by atoms with E-state index in [1.165, 1.54) is 11.3 Å². The van der Waals surface area contributed by atoms with Gasteiger partial charge in [0.25, 0.3) is 0 Å². The molecule has 0 N–H and O–H groups in total. The monoisotopic (exact) mass is 386 g/mol. The molecular weight excluding hydrogens is 387 g/mol. The van der Waals surface area contributed by atoms with Crippen LogP contribution >= 0.6 is 66.4 Å². The topological polar surface area (TPSA) is 25.8 Å². The van der Waals surface area contributed by atoms with Gasteiger partial charge in [0.05, 0.1) is 9.35 Å². The van der Waals surface area contributed by atoms with Crippen molar-refractivity contribution in [1.29, 1.82) is 0 Å². The Kier molecular flexibility index (Phi) is 3.67. The highest BCUT2D eigenvalue weighted by Crippen LogP contribution is 2.37. The summed E-state index contributed by atoms with van der Waals surface area (Å²) in [6, 6.07) is 1.87. The van der Waals surface area contributed by atoms with Crippen LogP contribution in [0.4, 0.5) is 0 Å². The molecule has 2 aromatic rings. The van der Waals surface area contributed by atoms with E-state index in [9.17, 15) is 0 Å². The minimum absolute atomic E-state index is 0.389. The standard InChI is InChI=1S/C8H2Br2Cl2N2S/c9-3-1-5(15-7(3)12)8-13-2-4(10)6(11)14-8/h1-2H. The van der Waals surface area contributed by atoms with Crippen molar-refractivity contribution in [1.82, 2.24) is 9.97 Å². The second-order valence-corrected chi connectivity index (χ2v) is 6.29. The minimum atomic E-state index is 0.389. The Morgan fingerprint density at radius 3 is 2.47 bits per heavy atom. The highest BCUT2D eigenvalue weighted by Gasteiger charge is 2.10. The van der Waals surface area contributed by atoms with Gasteiger partial charge < -0.3 is 0 Å². The summed E-state index contributed by atoms with van der Waals surface area (Å²) in [5, 5.41) is 0.389. The van der Waals surface area contributed by atoms with Gasteiger partial charge in [-0.05, 0) is 37.9 Å². The molecule has 0 bridgehead atoms. The lowest BCUT2D eigenvalue weighted by Crippen LogP contribution is -1.86. The molecule has 2 aromatic heterocycles. The maximum absolute atomic E-state index is 5.92. The van der Waals surface area contributed by atoms with E-state index in [4.69, 9.17) is 23.2 Å². The maximum Gasteiger partial charge on any atom is 0.171 e. The zero-order chi connectivity index (χ0) is 11.0. The first-order chi connectivity index (χ1) is 7.08. The quantitative estimate of drug-likeness (QED) is 0.640. The molecule has 0 spiro atoms. The second kappa shape index (κ2) is 4.67. The zero-order valence-corrected chi connectivity index (χ0v) is 12.5. The normalized spacial score (nSPS) is 10.7. The summed E-state index contributed by atoms with van der Waals surface area (Å²) >= 11 is 19.8. The maximum atomic E-state index is 5.92. The number of aromatic nitrogens is 2. The highest BCUT2D eigenvalue weighted by molar-refractivity contribution is 9.11. The molecular formula is C8H2Br2Cl2N2S. The van der Waals surface area contributed by atoms with Gasteiger partial charge in [-0.1, -0.05) is 23.2 Å². The van der Waals surface area contributed by atoms with E-state index < -0.39 is 0 Å². The van der Waals surface area contributed by atoms with E-state index in [2.05, 4.69) is 41.8 Å². The van der Waals surface area contributed by atoms with Gasteiger partial charge in [-0.15, -0.1) is 11.3 Å². The molecule has 78 valence electrons. The Bertz CT molecular complexity index is 496. The van der Waals surface area contributed by atoms with Crippen molar-refractivity contribution in [2.45, 2.75) is 0 Å². The van der Waals surface area contributed by atoms with E-state index in [0.717, 1.165) is 9.35 Å². The summed E-state index contributed by atoms with van der Waals surface area (Å²) in [5.74, 6) is 0.570. The van der Waals surface area contributed by atoms with Gasteiger partial charge in [-0.3, -0.25) is 0 Å². The largest absolute Gasteiger partial charge is 0.235 e. The fourth-order valence-corrected chi connectivity index (χ4v) is 2.88. The summed E-state index contributed by atoms with van der Waals surface area (Å²) in [6.07, 6.45) is 1.62. The molecule has 0 radical (unpaired) electrons. The van der Waals surface area contributed by atoms with Crippen LogP contribution in [-0.4, -0.2) is 9.97 Å². The molecule has 0 aliphatic rings. The Labute approximate surface area is 117 Å². The molecule has 0 aliphatic carbocycles. The fourth-order valence-electron chi connectivity index (χ4n) is 0.922. The molecule has 0 atom stereocenters. The van der Waals surface area contributed by atoms with Crippen molar-refractivity contribution in [2.24, 2.45) is 0 Å². The zero-order valence-electron chi connectivity index (χ0n) is 6.97. The number of rotatable bonds is 1. The van der Waals surface area contributed by atoms with Gasteiger partial charge in [-0.2, -0.15) is 0 Å². The molecule has 0 fully saturated rings. The number of halogens is 4.